The molecule has 1 atom stereocenters. The first-order chi connectivity index (χ1) is 12.7. The molecule has 0 aliphatic carbocycles. The molecule has 2 amide bonds. The highest BCUT2D eigenvalue weighted by atomic mass is 16.2. The highest BCUT2D eigenvalue weighted by molar-refractivity contribution is 5.87. The maximum Gasteiger partial charge on any atom is 0.242 e. The van der Waals surface area contributed by atoms with Gasteiger partial charge in [-0.15, -0.1) is 0 Å². The Labute approximate surface area is 161 Å². The average Bonchev–Trinajstić information content (AvgIpc) is 2.64. The van der Waals surface area contributed by atoms with E-state index in [1.807, 2.05) is 0 Å². The van der Waals surface area contributed by atoms with Crippen molar-refractivity contribution >= 4 is 11.8 Å². The summed E-state index contributed by atoms with van der Waals surface area (Å²) in [7, 11) is 0. The fraction of sp³-hybridized carbons (Fsp3) is 0.905. The third-order valence-electron chi connectivity index (χ3n) is 4.69. The summed E-state index contributed by atoms with van der Waals surface area (Å²) in [5.74, 6) is -0.0791. The van der Waals surface area contributed by atoms with Crippen LogP contribution in [0.4, 0.5) is 0 Å². The van der Waals surface area contributed by atoms with Crippen molar-refractivity contribution in [3.63, 3.8) is 0 Å². The molecule has 154 valence electrons. The summed E-state index contributed by atoms with van der Waals surface area (Å²) in [6, 6.07) is -0.443. The molecule has 5 heteroatoms. The van der Waals surface area contributed by atoms with E-state index in [0.29, 0.717) is 25.9 Å². The summed E-state index contributed by atoms with van der Waals surface area (Å²) in [5.41, 5.74) is 5.57. The fourth-order valence-corrected chi connectivity index (χ4v) is 2.99. The van der Waals surface area contributed by atoms with Crippen LogP contribution in [0.3, 0.4) is 0 Å². The molecule has 0 radical (unpaired) electrons. The number of hydrogen-bond donors (Lipinski definition) is 3. The van der Waals surface area contributed by atoms with Crippen LogP contribution in [0.15, 0.2) is 0 Å². The molecule has 0 saturated carbocycles. The monoisotopic (exact) mass is 369 g/mol. The maximum absolute atomic E-state index is 12.4. The molecule has 26 heavy (non-hydrogen) atoms. The van der Waals surface area contributed by atoms with Crippen LogP contribution < -0.4 is 16.4 Å². The van der Waals surface area contributed by atoms with Gasteiger partial charge in [-0.3, -0.25) is 9.59 Å². The molecule has 0 aliphatic heterocycles. The minimum absolute atomic E-state index is 0.0155. The number of hydrogen-bond acceptors (Lipinski definition) is 3. The van der Waals surface area contributed by atoms with Crippen LogP contribution in [0.1, 0.15) is 104 Å². The number of carbonyl (C=O) groups is 2. The molecule has 4 N–H and O–H groups in total. The first kappa shape index (κ1) is 24.9. The largest absolute Gasteiger partial charge is 0.354 e. The molecular formula is C21H43N3O2. The Kier molecular flexibility index (Phi) is 17.9. The van der Waals surface area contributed by atoms with Gasteiger partial charge in [0.15, 0.2) is 0 Å². The minimum atomic E-state index is -0.443. The number of unbranched alkanes of at least 4 members (excludes halogenated alkanes) is 9. The maximum atomic E-state index is 12.4. The van der Waals surface area contributed by atoms with Gasteiger partial charge in [-0.1, -0.05) is 71.6 Å². The summed E-state index contributed by atoms with van der Waals surface area (Å²) < 4.78 is 0. The highest BCUT2D eigenvalue weighted by Gasteiger charge is 2.19. The first-order valence-corrected chi connectivity index (χ1v) is 10.9. The van der Waals surface area contributed by atoms with Crippen molar-refractivity contribution in [3.8, 4) is 0 Å². The SMILES string of the molecule is CCCCCCCCNC(=O)C(CCCN)NC(=O)CCCCCCC. The number of nitrogens with two attached hydrogens (primary N) is 1. The molecule has 1 unspecified atom stereocenters. The minimum Gasteiger partial charge on any atom is -0.354 e. The summed E-state index contributed by atoms with van der Waals surface area (Å²) in [6.07, 6.45) is 14.6. The van der Waals surface area contributed by atoms with Crippen molar-refractivity contribution in [1.29, 1.82) is 0 Å². The van der Waals surface area contributed by atoms with Crippen LogP contribution in [-0.2, 0) is 9.59 Å². The summed E-state index contributed by atoms with van der Waals surface area (Å²) in [4.78, 5) is 24.5. The normalized spacial score (nSPS) is 12.0. The van der Waals surface area contributed by atoms with Gasteiger partial charge in [0.25, 0.3) is 0 Å². The summed E-state index contributed by atoms with van der Waals surface area (Å²) in [6.45, 7) is 5.62. The van der Waals surface area contributed by atoms with E-state index in [2.05, 4.69) is 24.5 Å². The smallest absolute Gasteiger partial charge is 0.242 e. The Morgan fingerprint density at radius 1 is 0.808 bits per heavy atom. The number of carbonyl (C=O) groups excluding carboxylic acids is 2. The zero-order valence-electron chi connectivity index (χ0n) is 17.3. The summed E-state index contributed by atoms with van der Waals surface area (Å²) in [5, 5.41) is 5.88. The lowest BCUT2D eigenvalue weighted by Crippen LogP contribution is -2.47. The number of nitrogens with one attached hydrogen (secondary N) is 2. The Balaban J connectivity index is 4.03. The third-order valence-corrected chi connectivity index (χ3v) is 4.69. The molecule has 0 aromatic carbocycles. The first-order valence-electron chi connectivity index (χ1n) is 10.9. The second-order valence-corrected chi connectivity index (χ2v) is 7.27. The predicted octanol–water partition coefficient (Wildman–Crippen LogP) is 4.05. The van der Waals surface area contributed by atoms with Crippen molar-refractivity contribution < 1.29 is 9.59 Å². The van der Waals surface area contributed by atoms with E-state index < -0.39 is 6.04 Å². The zero-order valence-corrected chi connectivity index (χ0v) is 17.3. The molecule has 5 nitrogen and oxygen atoms in total. The third kappa shape index (κ3) is 15.2. The molecule has 0 aromatic heterocycles. The lowest BCUT2D eigenvalue weighted by molar-refractivity contribution is -0.129. The van der Waals surface area contributed by atoms with E-state index in [9.17, 15) is 9.59 Å². The van der Waals surface area contributed by atoms with E-state index in [4.69, 9.17) is 5.73 Å². The van der Waals surface area contributed by atoms with E-state index in [0.717, 1.165) is 32.1 Å². The Bertz CT molecular complexity index is 348. The van der Waals surface area contributed by atoms with Crippen molar-refractivity contribution in [1.82, 2.24) is 10.6 Å². The van der Waals surface area contributed by atoms with Gasteiger partial charge in [-0.05, 0) is 32.2 Å². The van der Waals surface area contributed by atoms with E-state index in [-0.39, 0.29) is 11.8 Å². The molecular weight excluding hydrogens is 326 g/mol. The van der Waals surface area contributed by atoms with Gasteiger partial charge >= 0.3 is 0 Å². The summed E-state index contributed by atoms with van der Waals surface area (Å²) >= 11 is 0. The zero-order chi connectivity index (χ0) is 19.5. The van der Waals surface area contributed by atoms with Crippen LogP contribution >= 0.6 is 0 Å². The lowest BCUT2D eigenvalue weighted by Gasteiger charge is -2.18. The second-order valence-electron chi connectivity index (χ2n) is 7.27. The predicted molar refractivity (Wildman–Crippen MR) is 110 cm³/mol. The molecule has 0 spiro atoms. The highest BCUT2D eigenvalue weighted by Crippen LogP contribution is 2.06. The van der Waals surface area contributed by atoms with Gasteiger partial charge in [0.05, 0.1) is 0 Å². The van der Waals surface area contributed by atoms with Crippen molar-refractivity contribution in [2.24, 2.45) is 5.73 Å². The van der Waals surface area contributed by atoms with Gasteiger partial charge in [0.2, 0.25) is 11.8 Å². The van der Waals surface area contributed by atoms with Gasteiger partial charge in [0.1, 0.15) is 6.04 Å². The molecule has 0 aromatic rings. The molecule has 0 saturated heterocycles. The van der Waals surface area contributed by atoms with Crippen molar-refractivity contribution in [3.05, 3.63) is 0 Å². The van der Waals surface area contributed by atoms with Gasteiger partial charge in [0, 0.05) is 13.0 Å². The molecule has 0 fully saturated rings. The quantitative estimate of drug-likeness (QED) is 0.319. The second kappa shape index (κ2) is 18.7. The number of rotatable bonds is 18. The van der Waals surface area contributed by atoms with Crippen LogP contribution in [-0.4, -0.2) is 30.9 Å². The van der Waals surface area contributed by atoms with E-state index in [1.165, 1.54) is 44.9 Å². The van der Waals surface area contributed by atoms with Crippen LogP contribution in [0.2, 0.25) is 0 Å². The Morgan fingerprint density at radius 2 is 1.38 bits per heavy atom. The van der Waals surface area contributed by atoms with E-state index in [1.54, 1.807) is 0 Å². The van der Waals surface area contributed by atoms with Crippen LogP contribution in [0, 0.1) is 0 Å². The molecule has 0 bridgehead atoms. The Morgan fingerprint density at radius 3 is 2.00 bits per heavy atom. The molecule has 0 aliphatic rings. The Hall–Kier alpha value is -1.10. The van der Waals surface area contributed by atoms with Gasteiger partial charge in [-0.2, -0.15) is 0 Å². The van der Waals surface area contributed by atoms with Gasteiger partial charge in [-0.25, -0.2) is 0 Å². The van der Waals surface area contributed by atoms with Crippen LogP contribution in [0.5, 0.6) is 0 Å². The van der Waals surface area contributed by atoms with Crippen molar-refractivity contribution in [2.75, 3.05) is 13.1 Å². The van der Waals surface area contributed by atoms with E-state index >= 15 is 0 Å². The van der Waals surface area contributed by atoms with Crippen LogP contribution in [0.25, 0.3) is 0 Å². The standard InChI is InChI=1S/C21H43N3O2/c1-3-5-7-9-11-13-18-23-21(26)19(15-14-17-22)24-20(25)16-12-10-8-6-4-2/h19H,3-18,22H2,1-2H3,(H,23,26)(H,24,25). The topological polar surface area (TPSA) is 84.2 Å². The molecule has 0 rings (SSSR count). The average molecular weight is 370 g/mol. The molecule has 0 heterocycles. The van der Waals surface area contributed by atoms with Crippen molar-refractivity contribution in [2.45, 2.75) is 110 Å². The fourth-order valence-electron chi connectivity index (χ4n) is 2.99. The lowest BCUT2D eigenvalue weighted by atomic mass is 10.1. The number of amides is 2. The van der Waals surface area contributed by atoms with Gasteiger partial charge < -0.3 is 16.4 Å².